The molecule has 3 heteroatoms. The molecule has 0 aliphatic heterocycles. The summed E-state index contributed by atoms with van der Waals surface area (Å²) in [6.07, 6.45) is 3.52. The summed E-state index contributed by atoms with van der Waals surface area (Å²) in [4.78, 5) is 11.1. The minimum absolute atomic E-state index is 0.0461. The van der Waals surface area contributed by atoms with Crippen LogP contribution in [0.4, 0.5) is 11.4 Å². The van der Waals surface area contributed by atoms with Crippen molar-refractivity contribution in [2.24, 2.45) is 0 Å². The normalized spacial score (nSPS) is 16.9. The van der Waals surface area contributed by atoms with Gasteiger partial charge in [-0.1, -0.05) is 30.3 Å². The van der Waals surface area contributed by atoms with Gasteiger partial charge in [0.05, 0.1) is 6.04 Å². The first-order chi connectivity index (χ1) is 10.2. The number of amides is 1. The predicted molar refractivity (Wildman–Crippen MR) is 86.5 cm³/mol. The Hall–Kier alpha value is -2.29. The number of carbonyl (C=O) groups excluding carboxylic acids is 1. The number of aryl methyl sites for hydroxylation is 1. The molecule has 1 aliphatic rings. The van der Waals surface area contributed by atoms with E-state index in [0.717, 1.165) is 17.8 Å². The highest BCUT2D eigenvalue weighted by atomic mass is 16.1. The van der Waals surface area contributed by atoms with E-state index in [9.17, 15) is 4.79 Å². The van der Waals surface area contributed by atoms with Crippen LogP contribution in [-0.2, 0) is 11.2 Å². The van der Waals surface area contributed by atoms with Crippen LogP contribution in [0.1, 0.15) is 36.9 Å². The first-order valence-electron chi connectivity index (χ1n) is 7.44. The fourth-order valence-electron chi connectivity index (χ4n) is 3.00. The minimum atomic E-state index is -0.0461. The maximum atomic E-state index is 11.1. The van der Waals surface area contributed by atoms with Crippen molar-refractivity contribution in [3.63, 3.8) is 0 Å². The number of benzene rings is 2. The van der Waals surface area contributed by atoms with Crippen molar-refractivity contribution in [1.82, 2.24) is 0 Å². The van der Waals surface area contributed by atoms with E-state index in [2.05, 4.69) is 34.9 Å². The van der Waals surface area contributed by atoms with E-state index in [1.54, 1.807) is 0 Å². The fraction of sp³-hybridized carbons (Fsp3) is 0.278. The molecular weight excluding hydrogens is 260 g/mol. The lowest BCUT2D eigenvalue weighted by molar-refractivity contribution is -0.114. The summed E-state index contributed by atoms with van der Waals surface area (Å²) >= 11 is 0. The molecule has 0 aromatic heterocycles. The molecule has 2 aromatic rings. The van der Waals surface area contributed by atoms with Crippen molar-refractivity contribution >= 4 is 17.3 Å². The Balaban J connectivity index is 1.80. The second-order valence-corrected chi connectivity index (χ2v) is 5.55. The second-order valence-electron chi connectivity index (χ2n) is 5.55. The molecule has 0 spiro atoms. The first kappa shape index (κ1) is 13.7. The smallest absolute Gasteiger partial charge is 0.221 e. The van der Waals surface area contributed by atoms with Crippen LogP contribution in [0.5, 0.6) is 0 Å². The summed E-state index contributed by atoms with van der Waals surface area (Å²) in [5, 5.41) is 6.42. The lowest BCUT2D eigenvalue weighted by atomic mass is 9.87. The maximum Gasteiger partial charge on any atom is 0.221 e. The second kappa shape index (κ2) is 6.00. The summed E-state index contributed by atoms with van der Waals surface area (Å²) < 4.78 is 0. The monoisotopic (exact) mass is 280 g/mol. The molecule has 2 N–H and O–H groups in total. The molecule has 108 valence electrons. The Morgan fingerprint density at radius 3 is 2.76 bits per heavy atom. The Labute approximate surface area is 125 Å². The van der Waals surface area contributed by atoms with Crippen LogP contribution in [0, 0.1) is 0 Å². The van der Waals surface area contributed by atoms with Crippen LogP contribution in [-0.4, -0.2) is 5.91 Å². The molecule has 2 aromatic carbocycles. The number of hydrogen-bond acceptors (Lipinski definition) is 2. The van der Waals surface area contributed by atoms with E-state index in [-0.39, 0.29) is 5.91 Å². The Bertz CT molecular complexity index is 651. The fourth-order valence-corrected chi connectivity index (χ4v) is 3.00. The van der Waals surface area contributed by atoms with Crippen molar-refractivity contribution in [2.75, 3.05) is 10.6 Å². The van der Waals surface area contributed by atoms with Gasteiger partial charge in [0.1, 0.15) is 0 Å². The van der Waals surface area contributed by atoms with Crippen LogP contribution in [0.2, 0.25) is 0 Å². The minimum Gasteiger partial charge on any atom is -0.378 e. The number of fused-ring (bicyclic) bond motifs is 1. The molecule has 1 atom stereocenters. The lowest BCUT2D eigenvalue weighted by Crippen LogP contribution is -2.17. The standard InChI is InChI=1S/C18H20N2O/c1-13(21)19-15-8-5-9-16(12-15)20-18-11-4-7-14-6-2-3-10-17(14)18/h2-3,5-6,8-10,12,18,20H,4,7,11H2,1H3,(H,19,21). The van der Waals surface area contributed by atoms with E-state index in [4.69, 9.17) is 0 Å². The average molecular weight is 280 g/mol. The molecule has 1 amide bonds. The highest BCUT2D eigenvalue weighted by Gasteiger charge is 2.19. The van der Waals surface area contributed by atoms with Gasteiger partial charge in [-0.15, -0.1) is 0 Å². The maximum absolute atomic E-state index is 11.1. The summed E-state index contributed by atoms with van der Waals surface area (Å²) in [6, 6.07) is 16.9. The quantitative estimate of drug-likeness (QED) is 0.887. The summed E-state index contributed by atoms with van der Waals surface area (Å²) in [5.41, 5.74) is 4.72. The zero-order valence-electron chi connectivity index (χ0n) is 12.2. The van der Waals surface area contributed by atoms with Crippen LogP contribution in [0.3, 0.4) is 0 Å². The molecule has 0 radical (unpaired) electrons. The van der Waals surface area contributed by atoms with Gasteiger partial charge < -0.3 is 10.6 Å². The number of rotatable bonds is 3. The third-order valence-corrected chi connectivity index (χ3v) is 3.89. The van der Waals surface area contributed by atoms with Gasteiger partial charge in [0.2, 0.25) is 5.91 Å². The van der Waals surface area contributed by atoms with Crippen LogP contribution in [0.25, 0.3) is 0 Å². The molecule has 0 fully saturated rings. The van der Waals surface area contributed by atoms with E-state index in [1.165, 1.54) is 30.9 Å². The highest BCUT2D eigenvalue weighted by Crippen LogP contribution is 2.32. The summed E-state index contributed by atoms with van der Waals surface area (Å²) in [5.74, 6) is -0.0461. The molecular formula is C18H20N2O. The molecule has 3 nitrogen and oxygen atoms in total. The van der Waals surface area contributed by atoms with E-state index >= 15 is 0 Å². The van der Waals surface area contributed by atoms with E-state index < -0.39 is 0 Å². The SMILES string of the molecule is CC(=O)Nc1cccc(NC2CCCc3ccccc32)c1. The van der Waals surface area contributed by atoms with Gasteiger partial charge in [-0.2, -0.15) is 0 Å². The van der Waals surface area contributed by atoms with Crippen molar-refractivity contribution in [3.8, 4) is 0 Å². The number of nitrogens with one attached hydrogen (secondary N) is 2. The number of anilines is 2. The van der Waals surface area contributed by atoms with Gasteiger partial charge in [0.25, 0.3) is 0 Å². The third-order valence-electron chi connectivity index (χ3n) is 3.89. The van der Waals surface area contributed by atoms with E-state index in [1.807, 2.05) is 24.3 Å². The van der Waals surface area contributed by atoms with Gasteiger partial charge in [0.15, 0.2) is 0 Å². The van der Waals surface area contributed by atoms with Crippen molar-refractivity contribution in [2.45, 2.75) is 32.2 Å². The molecule has 0 heterocycles. The Kier molecular flexibility index (Phi) is 3.91. The largest absolute Gasteiger partial charge is 0.378 e. The molecule has 21 heavy (non-hydrogen) atoms. The van der Waals surface area contributed by atoms with Gasteiger partial charge in [0, 0.05) is 18.3 Å². The molecule has 1 aliphatic carbocycles. The summed E-state index contributed by atoms with van der Waals surface area (Å²) in [7, 11) is 0. The molecule has 0 saturated heterocycles. The molecule has 0 bridgehead atoms. The Morgan fingerprint density at radius 1 is 1.10 bits per heavy atom. The van der Waals surface area contributed by atoms with Gasteiger partial charge >= 0.3 is 0 Å². The van der Waals surface area contributed by atoms with Crippen molar-refractivity contribution in [3.05, 3.63) is 59.7 Å². The van der Waals surface area contributed by atoms with Gasteiger partial charge in [-0.05, 0) is 48.6 Å². The molecule has 1 unspecified atom stereocenters. The summed E-state index contributed by atoms with van der Waals surface area (Å²) in [6.45, 7) is 1.53. The predicted octanol–water partition coefficient (Wildman–Crippen LogP) is 4.13. The van der Waals surface area contributed by atoms with Crippen molar-refractivity contribution < 1.29 is 4.79 Å². The molecule has 3 rings (SSSR count). The van der Waals surface area contributed by atoms with Crippen LogP contribution < -0.4 is 10.6 Å². The zero-order valence-corrected chi connectivity index (χ0v) is 12.2. The van der Waals surface area contributed by atoms with Crippen LogP contribution >= 0.6 is 0 Å². The number of hydrogen-bond donors (Lipinski definition) is 2. The number of carbonyl (C=O) groups is 1. The molecule has 0 saturated carbocycles. The van der Waals surface area contributed by atoms with E-state index in [0.29, 0.717) is 6.04 Å². The van der Waals surface area contributed by atoms with Crippen molar-refractivity contribution in [1.29, 1.82) is 0 Å². The lowest BCUT2D eigenvalue weighted by Gasteiger charge is -2.27. The zero-order chi connectivity index (χ0) is 14.7. The first-order valence-corrected chi connectivity index (χ1v) is 7.44. The highest BCUT2D eigenvalue weighted by molar-refractivity contribution is 5.89. The van der Waals surface area contributed by atoms with Gasteiger partial charge in [-0.3, -0.25) is 4.79 Å². The van der Waals surface area contributed by atoms with Gasteiger partial charge in [-0.25, -0.2) is 0 Å². The van der Waals surface area contributed by atoms with Crippen LogP contribution in [0.15, 0.2) is 48.5 Å². The average Bonchev–Trinajstić information content (AvgIpc) is 2.47. The Morgan fingerprint density at radius 2 is 1.90 bits per heavy atom. The topological polar surface area (TPSA) is 41.1 Å². The third kappa shape index (κ3) is 3.24.